The van der Waals surface area contributed by atoms with Crippen molar-refractivity contribution in [2.45, 2.75) is 25.8 Å². The van der Waals surface area contributed by atoms with E-state index in [0.29, 0.717) is 5.56 Å². The zero-order chi connectivity index (χ0) is 13.9. The number of fused-ring (bicyclic) bond motifs is 1. The number of hydrogen-bond donors (Lipinski definition) is 2. The van der Waals surface area contributed by atoms with Crippen LogP contribution in [0.2, 0.25) is 0 Å². The van der Waals surface area contributed by atoms with Gasteiger partial charge in [0.15, 0.2) is 0 Å². The van der Waals surface area contributed by atoms with Gasteiger partial charge in [-0.3, -0.25) is 4.79 Å². The van der Waals surface area contributed by atoms with Crippen molar-refractivity contribution in [1.82, 2.24) is 5.32 Å². The van der Waals surface area contributed by atoms with Crippen molar-refractivity contribution in [1.29, 1.82) is 0 Å². The summed E-state index contributed by atoms with van der Waals surface area (Å²) in [6, 6.07) is 9.38. The Morgan fingerprint density at radius 3 is 3.10 bits per heavy atom. The number of aryl methyl sites for hydroxylation is 1. The molecule has 0 unspecified atom stereocenters. The summed E-state index contributed by atoms with van der Waals surface area (Å²) in [7, 11) is 0. The van der Waals surface area contributed by atoms with Crippen molar-refractivity contribution in [3.8, 4) is 0 Å². The van der Waals surface area contributed by atoms with E-state index in [4.69, 9.17) is 4.42 Å². The molecule has 0 bridgehead atoms. The normalized spacial score (nSPS) is 15.1. The van der Waals surface area contributed by atoms with Crippen LogP contribution in [0, 0.1) is 0 Å². The average molecular weight is 270 g/mol. The number of rotatable bonds is 3. The Bertz CT molecular complexity index is 605. The van der Waals surface area contributed by atoms with E-state index in [1.54, 1.807) is 6.26 Å². The summed E-state index contributed by atoms with van der Waals surface area (Å²) in [5.74, 6) is 0.695. The van der Waals surface area contributed by atoms with Gasteiger partial charge in [0.25, 0.3) is 5.91 Å². The molecule has 4 heteroatoms. The molecule has 20 heavy (non-hydrogen) atoms. The molecule has 0 saturated carbocycles. The SMILES string of the molecule is C[C@H](NC(=O)c1ccc2c(c1)CCCN2)c1ccco1. The van der Waals surface area contributed by atoms with Crippen molar-refractivity contribution in [2.24, 2.45) is 0 Å². The van der Waals surface area contributed by atoms with Gasteiger partial charge in [-0.15, -0.1) is 0 Å². The smallest absolute Gasteiger partial charge is 0.251 e. The molecule has 2 N–H and O–H groups in total. The molecular formula is C16H18N2O2. The maximum atomic E-state index is 12.3. The highest BCUT2D eigenvalue weighted by molar-refractivity contribution is 5.95. The molecule has 1 aromatic heterocycles. The first-order valence-corrected chi connectivity index (χ1v) is 6.95. The van der Waals surface area contributed by atoms with Gasteiger partial charge in [-0.25, -0.2) is 0 Å². The van der Waals surface area contributed by atoms with E-state index in [1.165, 1.54) is 5.56 Å². The molecule has 1 aromatic carbocycles. The molecule has 1 aliphatic heterocycles. The molecule has 0 spiro atoms. The number of nitrogens with one attached hydrogen (secondary N) is 2. The van der Waals surface area contributed by atoms with Gasteiger partial charge in [0.05, 0.1) is 12.3 Å². The van der Waals surface area contributed by atoms with Gasteiger partial charge in [-0.1, -0.05) is 0 Å². The summed E-state index contributed by atoms with van der Waals surface area (Å²) in [5.41, 5.74) is 3.06. The fourth-order valence-electron chi connectivity index (χ4n) is 2.50. The van der Waals surface area contributed by atoms with E-state index in [9.17, 15) is 4.79 Å². The van der Waals surface area contributed by atoms with Crippen LogP contribution in [0.5, 0.6) is 0 Å². The van der Waals surface area contributed by atoms with Crippen LogP contribution in [-0.2, 0) is 6.42 Å². The Labute approximate surface area is 118 Å². The minimum absolute atomic E-state index is 0.0673. The van der Waals surface area contributed by atoms with Crippen molar-refractivity contribution < 1.29 is 9.21 Å². The Morgan fingerprint density at radius 1 is 1.40 bits per heavy atom. The standard InChI is InChI=1S/C16H18N2O2/c1-11(15-5-3-9-20-15)18-16(19)13-6-7-14-12(10-13)4-2-8-17-14/h3,5-7,9-11,17H,2,4,8H2,1H3,(H,18,19)/t11-/m0/s1. The first-order valence-electron chi connectivity index (χ1n) is 6.95. The predicted molar refractivity (Wildman–Crippen MR) is 77.8 cm³/mol. The Kier molecular flexibility index (Phi) is 3.46. The highest BCUT2D eigenvalue weighted by atomic mass is 16.3. The van der Waals surface area contributed by atoms with E-state index in [2.05, 4.69) is 10.6 Å². The Hall–Kier alpha value is -2.23. The highest BCUT2D eigenvalue weighted by Crippen LogP contribution is 2.23. The van der Waals surface area contributed by atoms with E-state index in [0.717, 1.165) is 30.8 Å². The molecule has 1 amide bonds. The Morgan fingerprint density at radius 2 is 2.30 bits per heavy atom. The van der Waals surface area contributed by atoms with Gasteiger partial charge in [0.1, 0.15) is 5.76 Å². The number of carbonyl (C=O) groups excluding carboxylic acids is 1. The zero-order valence-corrected chi connectivity index (χ0v) is 11.5. The molecule has 2 heterocycles. The second-order valence-electron chi connectivity index (χ2n) is 5.11. The van der Waals surface area contributed by atoms with E-state index in [1.807, 2.05) is 37.3 Å². The lowest BCUT2D eigenvalue weighted by atomic mass is 10.0. The molecule has 1 aliphatic rings. The minimum atomic E-state index is -0.133. The zero-order valence-electron chi connectivity index (χ0n) is 11.5. The molecule has 3 rings (SSSR count). The number of anilines is 1. The summed E-state index contributed by atoms with van der Waals surface area (Å²) in [5, 5.41) is 6.30. The highest BCUT2D eigenvalue weighted by Gasteiger charge is 2.15. The molecule has 2 aromatic rings. The molecule has 0 radical (unpaired) electrons. The van der Waals surface area contributed by atoms with Crippen LogP contribution in [0.4, 0.5) is 5.69 Å². The monoisotopic (exact) mass is 270 g/mol. The first-order chi connectivity index (χ1) is 9.74. The van der Waals surface area contributed by atoms with Gasteiger partial charge in [-0.05, 0) is 55.7 Å². The third-order valence-electron chi connectivity index (χ3n) is 3.62. The number of benzene rings is 1. The van der Waals surface area contributed by atoms with Crippen LogP contribution < -0.4 is 10.6 Å². The second-order valence-corrected chi connectivity index (χ2v) is 5.11. The summed E-state index contributed by atoms with van der Waals surface area (Å²) < 4.78 is 5.30. The molecule has 0 fully saturated rings. The largest absolute Gasteiger partial charge is 0.467 e. The maximum Gasteiger partial charge on any atom is 0.251 e. The van der Waals surface area contributed by atoms with Crippen LogP contribution in [-0.4, -0.2) is 12.5 Å². The number of furan rings is 1. The van der Waals surface area contributed by atoms with Crippen LogP contribution in [0.25, 0.3) is 0 Å². The predicted octanol–water partition coefficient (Wildman–Crippen LogP) is 3.13. The molecule has 4 nitrogen and oxygen atoms in total. The summed E-state index contributed by atoms with van der Waals surface area (Å²) in [6.07, 6.45) is 3.75. The van der Waals surface area contributed by atoms with Crippen molar-refractivity contribution in [3.05, 3.63) is 53.5 Å². The molecule has 104 valence electrons. The van der Waals surface area contributed by atoms with Crippen LogP contribution in [0.15, 0.2) is 41.0 Å². The van der Waals surface area contributed by atoms with Crippen LogP contribution >= 0.6 is 0 Å². The first kappa shape index (κ1) is 12.8. The second kappa shape index (κ2) is 5.41. The maximum absolute atomic E-state index is 12.3. The van der Waals surface area contributed by atoms with Crippen molar-refractivity contribution in [2.75, 3.05) is 11.9 Å². The van der Waals surface area contributed by atoms with E-state index < -0.39 is 0 Å². The Balaban J connectivity index is 1.74. The summed E-state index contributed by atoms with van der Waals surface area (Å²) >= 11 is 0. The average Bonchev–Trinajstić information content (AvgIpc) is 3.01. The number of hydrogen-bond acceptors (Lipinski definition) is 3. The topological polar surface area (TPSA) is 54.3 Å². The number of carbonyl (C=O) groups is 1. The fraction of sp³-hybridized carbons (Fsp3) is 0.312. The van der Waals surface area contributed by atoms with Gasteiger partial charge in [0.2, 0.25) is 0 Å². The summed E-state index contributed by atoms with van der Waals surface area (Å²) in [4.78, 5) is 12.3. The van der Waals surface area contributed by atoms with Gasteiger partial charge >= 0.3 is 0 Å². The van der Waals surface area contributed by atoms with Crippen LogP contribution in [0.1, 0.15) is 41.1 Å². The third kappa shape index (κ3) is 2.54. The van der Waals surface area contributed by atoms with Crippen molar-refractivity contribution >= 4 is 11.6 Å². The van der Waals surface area contributed by atoms with E-state index in [-0.39, 0.29) is 11.9 Å². The number of amides is 1. The summed E-state index contributed by atoms with van der Waals surface area (Å²) in [6.45, 7) is 2.92. The minimum Gasteiger partial charge on any atom is -0.467 e. The quantitative estimate of drug-likeness (QED) is 0.901. The molecule has 0 saturated heterocycles. The molecular weight excluding hydrogens is 252 g/mol. The van der Waals surface area contributed by atoms with Gasteiger partial charge < -0.3 is 15.1 Å². The lowest BCUT2D eigenvalue weighted by molar-refractivity contribution is 0.0935. The lowest BCUT2D eigenvalue weighted by Gasteiger charge is -2.19. The fourth-order valence-corrected chi connectivity index (χ4v) is 2.50. The van der Waals surface area contributed by atoms with Gasteiger partial charge in [-0.2, -0.15) is 0 Å². The van der Waals surface area contributed by atoms with Gasteiger partial charge in [0, 0.05) is 17.8 Å². The third-order valence-corrected chi connectivity index (χ3v) is 3.62. The molecule has 1 atom stereocenters. The van der Waals surface area contributed by atoms with E-state index >= 15 is 0 Å². The van der Waals surface area contributed by atoms with Crippen molar-refractivity contribution in [3.63, 3.8) is 0 Å². The van der Waals surface area contributed by atoms with Crippen LogP contribution in [0.3, 0.4) is 0 Å². The lowest BCUT2D eigenvalue weighted by Crippen LogP contribution is -2.26. The molecule has 0 aliphatic carbocycles.